The van der Waals surface area contributed by atoms with Crippen LogP contribution in [0.5, 0.6) is 0 Å². The van der Waals surface area contributed by atoms with Crippen molar-refractivity contribution in [1.82, 2.24) is 0 Å². The maximum atomic E-state index is 13.1. The fourth-order valence-corrected chi connectivity index (χ4v) is 5.22. The molecular weight excluding hydrogens is 486 g/mol. The highest BCUT2D eigenvalue weighted by atomic mass is 32.2. The highest BCUT2D eigenvalue weighted by Gasteiger charge is 2.37. The Morgan fingerprint density at radius 3 is 1.95 bits per heavy atom. The first-order valence-electron chi connectivity index (χ1n) is 12.2. The Bertz CT molecular complexity index is 1480. The van der Waals surface area contributed by atoms with Crippen molar-refractivity contribution in [3.63, 3.8) is 0 Å². The van der Waals surface area contributed by atoms with Crippen molar-refractivity contribution in [2.75, 3.05) is 4.90 Å². The van der Waals surface area contributed by atoms with Crippen LogP contribution < -0.4 is 4.90 Å². The first kappa shape index (κ1) is 26.5. The second kappa shape index (κ2) is 9.71. The molecular formula is C30H31NO5S. The van der Waals surface area contributed by atoms with Crippen LogP contribution in [0, 0.1) is 0 Å². The minimum absolute atomic E-state index is 0.0530. The van der Waals surface area contributed by atoms with Gasteiger partial charge in [-0.05, 0) is 67.6 Å². The Morgan fingerprint density at radius 1 is 0.811 bits per heavy atom. The lowest BCUT2D eigenvalue weighted by Crippen LogP contribution is -2.29. The predicted octanol–water partition coefficient (Wildman–Crippen LogP) is 5.75. The molecule has 0 aliphatic carbocycles. The molecule has 192 valence electrons. The van der Waals surface area contributed by atoms with Gasteiger partial charge in [-0.1, -0.05) is 56.3 Å². The van der Waals surface area contributed by atoms with Gasteiger partial charge >= 0.3 is 0 Å². The van der Waals surface area contributed by atoms with Gasteiger partial charge in [-0.2, -0.15) is 0 Å². The highest BCUT2D eigenvalue weighted by Crippen LogP contribution is 2.30. The van der Waals surface area contributed by atoms with E-state index in [4.69, 9.17) is 0 Å². The zero-order valence-electron chi connectivity index (χ0n) is 21.7. The van der Waals surface area contributed by atoms with Gasteiger partial charge in [-0.25, -0.2) is 13.3 Å². The summed E-state index contributed by atoms with van der Waals surface area (Å²) in [6, 6.07) is 18.8. The number of amides is 2. The minimum Gasteiger partial charge on any atom is -0.294 e. The molecule has 37 heavy (non-hydrogen) atoms. The van der Waals surface area contributed by atoms with E-state index in [0.717, 1.165) is 5.56 Å². The molecule has 2 amide bonds. The lowest BCUT2D eigenvalue weighted by Gasteiger charge is -2.19. The van der Waals surface area contributed by atoms with E-state index in [9.17, 15) is 22.8 Å². The van der Waals surface area contributed by atoms with E-state index in [1.54, 1.807) is 75.4 Å². The third-order valence-electron chi connectivity index (χ3n) is 6.70. The van der Waals surface area contributed by atoms with Crippen molar-refractivity contribution in [2.24, 2.45) is 0 Å². The third kappa shape index (κ3) is 5.27. The zero-order chi connectivity index (χ0) is 27.1. The number of fused-ring (bicyclic) bond motifs is 1. The molecule has 7 heteroatoms. The Morgan fingerprint density at radius 2 is 1.38 bits per heavy atom. The van der Waals surface area contributed by atoms with Crippen LogP contribution in [-0.2, 0) is 22.0 Å². The lowest BCUT2D eigenvalue weighted by atomic mass is 9.99. The molecule has 0 fully saturated rings. The van der Waals surface area contributed by atoms with Crippen molar-refractivity contribution in [3.05, 3.63) is 100 Å². The van der Waals surface area contributed by atoms with E-state index in [2.05, 4.69) is 13.8 Å². The van der Waals surface area contributed by atoms with Crippen LogP contribution in [0.15, 0.2) is 66.7 Å². The summed E-state index contributed by atoms with van der Waals surface area (Å²) in [6.07, 6.45) is 0.0530. The Labute approximate surface area is 218 Å². The van der Waals surface area contributed by atoms with Gasteiger partial charge in [0.15, 0.2) is 15.6 Å². The van der Waals surface area contributed by atoms with E-state index >= 15 is 0 Å². The van der Waals surface area contributed by atoms with Crippen LogP contribution in [-0.4, -0.2) is 30.8 Å². The highest BCUT2D eigenvalue weighted by molar-refractivity contribution is 7.91. The van der Waals surface area contributed by atoms with Gasteiger partial charge in [0.05, 0.1) is 27.3 Å². The van der Waals surface area contributed by atoms with Gasteiger partial charge in [0.1, 0.15) is 0 Å². The van der Waals surface area contributed by atoms with Gasteiger partial charge in [0.25, 0.3) is 11.8 Å². The average Bonchev–Trinajstić information content (AvgIpc) is 3.08. The molecule has 0 unspecified atom stereocenters. The van der Waals surface area contributed by atoms with Crippen molar-refractivity contribution in [1.29, 1.82) is 0 Å². The van der Waals surface area contributed by atoms with E-state index in [0.29, 0.717) is 33.9 Å². The summed E-state index contributed by atoms with van der Waals surface area (Å²) in [6.45, 7) is 9.14. The van der Waals surface area contributed by atoms with Gasteiger partial charge in [-0.15, -0.1) is 0 Å². The maximum absolute atomic E-state index is 13.1. The van der Waals surface area contributed by atoms with Crippen LogP contribution >= 0.6 is 0 Å². The number of carbonyl (C=O) groups excluding carboxylic acids is 3. The second-order valence-corrected chi connectivity index (χ2v) is 13.5. The number of hydrogen-bond acceptors (Lipinski definition) is 5. The molecule has 1 heterocycles. The fourth-order valence-electron chi connectivity index (χ4n) is 4.15. The number of carbonyl (C=O) groups is 3. The standard InChI is InChI=1S/C30H31NO5S/c1-19(2)22-11-13-24(14-12-22)31-28(33)25-15-8-21(16-26(25)29(31)34)17-27(32)23-9-6-20(7-10-23)18-37(35,36)30(3,4)5/h6-16,19H,17-18H2,1-5H3. The van der Waals surface area contributed by atoms with Crippen molar-refractivity contribution in [2.45, 2.75) is 57.5 Å². The topological polar surface area (TPSA) is 88.6 Å². The molecule has 6 nitrogen and oxygen atoms in total. The summed E-state index contributed by atoms with van der Waals surface area (Å²) in [4.78, 5) is 40.2. The molecule has 0 atom stereocenters. The molecule has 1 aliphatic heterocycles. The molecule has 4 rings (SSSR count). The quantitative estimate of drug-likeness (QED) is 0.294. The van der Waals surface area contributed by atoms with Gasteiger partial charge in [-0.3, -0.25) is 14.4 Å². The summed E-state index contributed by atoms with van der Waals surface area (Å²) in [7, 11) is -3.33. The number of benzene rings is 3. The molecule has 0 saturated heterocycles. The molecule has 1 aliphatic rings. The second-order valence-electron chi connectivity index (χ2n) is 10.7. The van der Waals surface area contributed by atoms with Gasteiger partial charge in [0.2, 0.25) is 0 Å². The summed E-state index contributed by atoms with van der Waals surface area (Å²) >= 11 is 0. The summed E-state index contributed by atoms with van der Waals surface area (Å²) in [5, 5.41) is 0. The molecule has 0 radical (unpaired) electrons. The Balaban J connectivity index is 1.49. The van der Waals surface area contributed by atoms with Crippen molar-refractivity contribution >= 4 is 33.1 Å². The summed E-state index contributed by atoms with van der Waals surface area (Å²) < 4.78 is 24.1. The van der Waals surface area contributed by atoms with E-state index in [1.165, 1.54) is 4.90 Å². The molecule has 0 bridgehead atoms. The van der Waals surface area contributed by atoms with Crippen molar-refractivity contribution < 1.29 is 22.8 Å². The van der Waals surface area contributed by atoms with E-state index in [1.807, 2.05) is 12.1 Å². The molecule has 0 N–H and O–H groups in total. The first-order valence-corrected chi connectivity index (χ1v) is 13.9. The van der Waals surface area contributed by atoms with Gasteiger partial charge < -0.3 is 0 Å². The molecule has 3 aromatic carbocycles. The van der Waals surface area contributed by atoms with E-state index in [-0.39, 0.29) is 29.4 Å². The molecule has 0 aromatic heterocycles. The van der Waals surface area contributed by atoms with Crippen LogP contribution in [0.3, 0.4) is 0 Å². The predicted molar refractivity (Wildman–Crippen MR) is 145 cm³/mol. The third-order valence-corrected chi connectivity index (χ3v) is 9.28. The number of imide groups is 1. The van der Waals surface area contributed by atoms with Crippen LogP contribution in [0.25, 0.3) is 0 Å². The number of rotatable bonds is 7. The lowest BCUT2D eigenvalue weighted by molar-refractivity contribution is 0.0923. The van der Waals surface area contributed by atoms with E-state index < -0.39 is 20.5 Å². The fraction of sp³-hybridized carbons (Fsp3) is 0.300. The van der Waals surface area contributed by atoms with Crippen LogP contribution in [0.2, 0.25) is 0 Å². The smallest absolute Gasteiger partial charge is 0.266 e. The molecule has 3 aromatic rings. The van der Waals surface area contributed by atoms with Gasteiger partial charge in [0, 0.05) is 12.0 Å². The number of ketones is 1. The Hall–Kier alpha value is -3.58. The molecule has 0 saturated carbocycles. The Kier molecular flexibility index (Phi) is 6.95. The van der Waals surface area contributed by atoms with Crippen LogP contribution in [0.4, 0.5) is 5.69 Å². The number of sulfone groups is 1. The maximum Gasteiger partial charge on any atom is 0.266 e. The monoisotopic (exact) mass is 517 g/mol. The van der Waals surface area contributed by atoms with Crippen molar-refractivity contribution in [3.8, 4) is 0 Å². The SMILES string of the molecule is CC(C)c1ccc(N2C(=O)c3ccc(CC(=O)c4ccc(CS(=O)(=O)C(C)(C)C)cc4)cc3C2=O)cc1. The number of anilines is 1. The first-order chi connectivity index (χ1) is 17.3. The molecule has 0 spiro atoms. The summed E-state index contributed by atoms with van der Waals surface area (Å²) in [5.41, 5.74) is 3.93. The van der Waals surface area contributed by atoms with Crippen LogP contribution in [0.1, 0.15) is 88.3 Å². The zero-order valence-corrected chi connectivity index (χ0v) is 22.6. The normalized spacial score (nSPS) is 13.8. The number of hydrogen-bond donors (Lipinski definition) is 0. The minimum atomic E-state index is -3.33. The largest absolute Gasteiger partial charge is 0.294 e. The number of Topliss-reactive ketones (excluding diaryl/α,β-unsaturated/α-hetero) is 1. The number of nitrogens with zero attached hydrogens (tertiary/aromatic N) is 1. The summed E-state index contributed by atoms with van der Waals surface area (Å²) in [5.74, 6) is -0.707. The average molecular weight is 518 g/mol.